The second kappa shape index (κ2) is 6.99. The average Bonchev–Trinajstić information content (AvgIpc) is 3.12. The molecule has 0 atom stereocenters. The monoisotopic (exact) mass is 400 g/mol. The van der Waals surface area contributed by atoms with Gasteiger partial charge in [-0.25, -0.2) is 0 Å². The van der Waals surface area contributed by atoms with Crippen LogP contribution in [0.1, 0.15) is 6.92 Å². The number of halogens is 1. The number of hydrogen-bond acceptors (Lipinski definition) is 5. The van der Waals surface area contributed by atoms with E-state index in [-0.39, 0.29) is 0 Å². The Balaban J connectivity index is 1.59. The van der Waals surface area contributed by atoms with Crippen molar-refractivity contribution in [1.82, 2.24) is 0 Å². The molecule has 4 rings (SSSR count). The number of hydrogen-bond donors (Lipinski definition) is 0. The molecule has 0 aliphatic carbocycles. The van der Waals surface area contributed by atoms with Gasteiger partial charge in [-0.05, 0) is 43.3 Å². The highest BCUT2D eigenvalue weighted by Gasteiger charge is 2.25. The number of ether oxygens (including phenoxy) is 1. The Bertz CT molecular complexity index is 955. The fourth-order valence-corrected chi connectivity index (χ4v) is 4.65. The molecule has 2 aromatic rings. The summed E-state index contributed by atoms with van der Waals surface area (Å²) in [7, 11) is 1.98. The maximum Gasteiger partial charge on any atom is 0.201 e. The van der Waals surface area contributed by atoms with Crippen LogP contribution in [0.3, 0.4) is 0 Å². The van der Waals surface area contributed by atoms with Gasteiger partial charge in [0.05, 0.1) is 16.4 Å². The summed E-state index contributed by atoms with van der Waals surface area (Å²) in [6.45, 7) is 2.98. The lowest BCUT2D eigenvalue weighted by Gasteiger charge is -2.18. The molecule has 0 radical (unpaired) electrons. The standard InChI is InChI=1S/C20H17ClN2OS2/c1-3-23-16-10-13(21)8-9-18(16)26-20(23)12-14(25)11-19-22(2)15-6-4-5-7-17(15)24-19/h4-12H,3H2,1-2H3. The highest BCUT2D eigenvalue weighted by Crippen LogP contribution is 2.46. The molecule has 0 N–H and O–H groups in total. The molecule has 2 aliphatic rings. The summed E-state index contributed by atoms with van der Waals surface area (Å²) in [6, 6.07) is 13.9. The van der Waals surface area contributed by atoms with Crippen molar-refractivity contribution in [2.45, 2.75) is 11.8 Å². The Morgan fingerprint density at radius 1 is 1.19 bits per heavy atom. The Morgan fingerprint density at radius 2 is 2.00 bits per heavy atom. The second-order valence-electron chi connectivity index (χ2n) is 5.95. The van der Waals surface area contributed by atoms with E-state index in [1.165, 1.54) is 4.90 Å². The first-order chi connectivity index (χ1) is 12.6. The third-order valence-corrected chi connectivity index (χ3v) is 5.90. The second-order valence-corrected chi connectivity index (χ2v) is 7.92. The molecule has 0 saturated heterocycles. The van der Waals surface area contributed by atoms with Crippen LogP contribution in [0.4, 0.5) is 11.4 Å². The molecule has 2 aromatic carbocycles. The molecule has 2 heterocycles. The van der Waals surface area contributed by atoms with Gasteiger partial charge in [-0.15, -0.1) is 0 Å². The molecule has 0 bridgehead atoms. The third kappa shape index (κ3) is 3.11. The topological polar surface area (TPSA) is 15.7 Å². The van der Waals surface area contributed by atoms with Crippen molar-refractivity contribution in [2.24, 2.45) is 0 Å². The van der Waals surface area contributed by atoms with Gasteiger partial charge in [-0.1, -0.05) is 47.7 Å². The van der Waals surface area contributed by atoms with Crippen LogP contribution in [0.5, 0.6) is 5.75 Å². The zero-order valence-corrected chi connectivity index (χ0v) is 16.8. The van der Waals surface area contributed by atoms with Crippen LogP contribution in [0.25, 0.3) is 0 Å². The Kier molecular flexibility index (Phi) is 4.69. The number of para-hydroxylation sites is 2. The molecule has 0 fully saturated rings. The molecule has 0 spiro atoms. The minimum absolute atomic E-state index is 0.722. The van der Waals surface area contributed by atoms with Gasteiger partial charge in [0.2, 0.25) is 5.88 Å². The van der Waals surface area contributed by atoms with Crippen LogP contribution in [0.15, 0.2) is 70.4 Å². The van der Waals surface area contributed by atoms with E-state index in [9.17, 15) is 0 Å². The SMILES string of the molecule is CCN1C(=CC(=S)C=C2Oc3ccccc3N2C)Sc2ccc(Cl)cc21. The van der Waals surface area contributed by atoms with Crippen LogP contribution in [0, 0.1) is 0 Å². The van der Waals surface area contributed by atoms with E-state index in [1.807, 2.05) is 60.5 Å². The molecule has 0 unspecified atom stereocenters. The quantitative estimate of drug-likeness (QED) is 0.472. The first kappa shape index (κ1) is 17.5. The van der Waals surface area contributed by atoms with Crippen molar-refractivity contribution in [3.8, 4) is 5.75 Å². The predicted molar refractivity (Wildman–Crippen MR) is 115 cm³/mol. The number of fused-ring (bicyclic) bond motifs is 2. The van der Waals surface area contributed by atoms with Crippen LogP contribution in [-0.2, 0) is 0 Å². The molecular formula is C20H17ClN2OS2. The zero-order chi connectivity index (χ0) is 18.3. The maximum absolute atomic E-state index is 6.16. The molecule has 26 heavy (non-hydrogen) atoms. The fourth-order valence-electron chi connectivity index (χ4n) is 3.04. The lowest BCUT2D eigenvalue weighted by atomic mass is 10.3. The Morgan fingerprint density at radius 3 is 2.77 bits per heavy atom. The maximum atomic E-state index is 6.16. The van der Waals surface area contributed by atoms with Gasteiger partial charge in [0.1, 0.15) is 0 Å². The van der Waals surface area contributed by atoms with E-state index in [0.29, 0.717) is 0 Å². The molecule has 6 heteroatoms. The van der Waals surface area contributed by atoms with Gasteiger partial charge < -0.3 is 14.5 Å². The van der Waals surface area contributed by atoms with Crippen LogP contribution in [-0.4, -0.2) is 18.5 Å². The molecule has 0 saturated carbocycles. The van der Waals surface area contributed by atoms with Crippen molar-refractivity contribution < 1.29 is 4.74 Å². The van der Waals surface area contributed by atoms with Gasteiger partial charge in [0, 0.05) is 34.5 Å². The van der Waals surface area contributed by atoms with Gasteiger partial charge in [-0.2, -0.15) is 0 Å². The summed E-state index contributed by atoms with van der Waals surface area (Å²) in [5.41, 5.74) is 2.18. The highest BCUT2D eigenvalue weighted by molar-refractivity contribution is 8.03. The first-order valence-corrected chi connectivity index (χ1v) is 9.90. The number of nitrogens with zero attached hydrogens (tertiary/aromatic N) is 2. The van der Waals surface area contributed by atoms with Gasteiger partial charge in [0.15, 0.2) is 5.75 Å². The van der Waals surface area contributed by atoms with Gasteiger partial charge >= 0.3 is 0 Å². The van der Waals surface area contributed by atoms with E-state index in [1.54, 1.807) is 11.8 Å². The minimum atomic E-state index is 0.722. The van der Waals surface area contributed by atoms with Crippen molar-refractivity contribution in [3.05, 3.63) is 70.6 Å². The summed E-state index contributed by atoms with van der Waals surface area (Å²) in [4.78, 5) is 6.15. The van der Waals surface area contributed by atoms with Crippen molar-refractivity contribution in [3.63, 3.8) is 0 Å². The number of thioether (sulfide) groups is 1. The molecule has 0 amide bonds. The van der Waals surface area contributed by atoms with Crippen LogP contribution >= 0.6 is 35.6 Å². The Hall–Kier alpha value is -1.95. The van der Waals surface area contributed by atoms with E-state index in [0.717, 1.165) is 44.5 Å². The summed E-state index contributed by atoms with van der Waals surface area (Å²) >= 11 is 13.5. The van der Waals surface area contributed by atoms with Crippen LogP contribution < -0.4 is 14.5 Å². The normalized spacial score (nSPS) is 18.3. The summed E-state index contributed by atoms with van der Waals surface area (Å²) in [5.74, 6) is 1.59. The minimum Gasteiger partial charge on any atom is -0.439 e. The summed E-state index contributed by atoms with van der Waals surface area (Å²) in [6.07, 6.45) is 3.91. The number of anilines is 2. The van der Waals surface area contributed by atoms with Crippen molar-refractivity contribution in [1.29, 1.82) is 0 Å². The molecular weight excluding hydrogens is 384 g/mol. The fraction of sp³-hybridized carbons (Fsp3) is 0.150. The number of allylic oxidation sites excluding steroid dienone is 2. The van der Waals surface area contributed by atoms with Gasteiger partial charge in [-0.3, -0.25) is 0 Å². The number of thiocarbonyl (C=S) groups is 1. The van der Waals surface area contributed by atoms with Crippen molar-refractivity contribution in [2.75, 3.05) is 23.4 Å². The zero-order valence-electron chi connectivity index (χ0n) is 14.4. The lowest BCUT2D eigenvalue weighted by Crippen LogP contribution is -2.17. The van der Waals surface area contributed by atoms with E-state index in [4.69, 9.17) is 28.6 Å². The molecule has 132 valence electrons. The number of rotatable bonds is 3. The molecule has 2 aliphatic heterocycles. The largest absolute Gasteiger partial charge is 0.439 e. The first-order valence-electron chi connectivity index (χ1n) is 8.29. The van der Waals surface area contributed by atoms with E-state index >= 15 is 0 Å². The highest BCUT2D eigenvalue weighted by atomic mass is 35.5. The molecule has 3 nitrogen and oxygen atoms in total. The van der Waals surface area contributed by atoms with E-state index in [2.05, 4.69) is 17.9 Å². The average molecular weight is 401 g/mol. The number of benzene rings is 2. The lowest BCUT2D eigenvalue weighted by molar-refractivity contribution is 0.445. The summed E-state index contributed by atoms with van der Waals surface area (Å²) in [5, 5.41) is 1.84. The van der Waals surface area contributed by atoms with Gasteiger partial charge in [0.25, 0.3) is 0 Å². The van der Waals surface area contributed by atoms with Crippen LogP contribution in [0.2, 0.25) is 5.02 Å². The smallest absolute Gasteiger partial charge is 0.201 e. The van der Waals surface area contributed by atoms with Crippen molar-refractivity contribution >= 4 is 51.8 Å². The Labute approximate surface area is 167 Å². The molecule has 0 aromatic heterocycles. The third-order valence-electron chi connectivity index (χ3n) is 4.31. The van der Waals surface area contributed by atoms with E-state index < -0.39 is 0 Å². The predicted octanol–water partition coefficient (Wildman–Crippen LogP) is 5.85. The summed E-state index contributed by atoms with van der Waals surface area (Å²) < 4.78 is 5.92.